The maximum absolute atomic E-state index is 13.3. The molecule has 1 saturated heterocycles. The van der Waals surface area contributed by atoms with Gasteiger partial charge in [0.2, 0.25) is 0 Å². The van der Waals surface area contributed by atoms with Crippen molar-refractivity contribution in [2.75, 3.05) is 19.1 Å². The van der Waals surface area contributed by atoms with Crippen molar-refractivity contribution in [2.24, 2.45) is 0 Å². The van der Waals surface area contributed by atoms with Gasteiger partial charge in [-0.2, -0.15) is 0 Å². The number of aliphatic hydroxyl groups is 1. The van der Waals surface area contributed by atoms with Crippen molar-refractivity contribution in [3.8, 4) is 11.5 Å². The Morgan fingerprint density at radius 3 is 2.26 bits per heavy atom. The van der Waals surface area contributed by atoms with Crippen molar-refractivity contribution in [1.29, 1.82) is 0 Å². The molecule has 1 unspecified atom stereocenters. The number of para-hydroxylation sites is 1. The minimum atomic E-state index is -0.871. The third-order valence-electron chi connectivity index (χ3n) is 5.93. The van der Waals surface area contributed by atoms with Crippen LogP contribution >= 0.6 is 15.9 Å². The van der Waals surface area contributed by atoms with Gasteiger partial charge in [0.15, 0.2) is 0 Å². The van der Waals surface area contributed by atoms with Gasteiger partial charge >= 0.3 is 0 Å². The highest BCUT2D eigenvalue weighted by molar-refractivity contribution is 9.10. The summed E-state index contributed by atoms with van der Waals surface area (Å²) in [6.45, 7) is 2.04. The second kappa shape index (κ2) is 9.73. The molecule has 0 bridgehead atoms. The molecule has 3 aromatic rings. The average molecular weight is 522 g/mol. The molecule has 1 aliphatic rings. The zero-order chi connectivity index (χ0) is 24.4. The molecule has 0 aromatic heterocycles. The quantitative estimate of drug-likeness (QED) is 0.257. The van der Waals surface area contributed by atoms with Crippen LogP contribution in [0, 0.1) is 0 Å². The van der Waals surface area contributed by atoms with E-state index in [1.165, 1.54) is 19.1 Å². The number of methoxy groups -OCH3 is 2. The van der Waals surface area contributed by atoms with Gasteiger partial charge in [0.1, 0.15) is 17.3 Å². The molecule has 1 aliphatic heterocycles. The molecule has 0 saturated carbocycles. The van der Waals surface area contributed by atoms with Crippen molar-refractivity contribution in [3.63, 3.8) is 0 Å². The lowest BCUT2D eigenvalue weighted by atomic mass is 9.94. The Morgan fingerprint density at radius 1 is 0.971 bits per heavy atom. The predicted octanol–water partition coefficient (Wildman–Crippen LogP) is 5.66. The van der Waals surface area contributed by atoms with E-state index >= 15 is 0 Å². The van der Waals surface area contributed by atoms with Crippen molar-refractivity contribution < 1.29 is 24.2 Å². The summed E-state index contributed by atoms with van der Waals surface area (Å²) in [5, 5.41) is 11.3. The highest BCUT2D eigenvalue weighted by Gasteiger charge is 2.47. The minimum absolute atomic E-state index is 0.00821. The number of amides is 1. The summed E-state index contributed by atoms with van der Waals surface area (Å²) in [4.78, 5) is 28.1. The van der Waals surface area contributed by atoms with Crippen LogP contribution < -0.4 is 14.4 Å². The second-order valence-corrected chi connectivity index (χ2v) is 8.63. The third-order valence-corrected chi connectivity index (χ3v) is 6.55. The zero-order valence-corrected chi connectivity index (χ0v) is 20.6. The molecule has 1 fully saturated rings. The number of rotatable bonds is 6. The van der Waals surface area contributed by atoms with Gasteiger partial charge in [-0.25, -0.2) is 0 Å². The maximum atomic E-state index is 13.3. The molecule has 0 aliphatic carbocycles. The number of anilines is 1. The van der Waals surface area contributed by atoms with Crippen molar-refractivity contribution in [1.82, 2.24) is 0 Å². The van der Waals surface area contributed by atoms with Crippen LogP contribution in [0.1, 0.15) is 29.7 Å². The molecule has 4 rings (SSSR count). The van der Waals surface area contributed by atoms with E-state index < -0.39 is 17.7 Å². The lowest BCUT2D eigenvalue weighted by molar-refractivity contribution is -0.132. The molecule has 1 heterocycles. The lowest BCUT2D eigenvalue weighted by Crippen LogP contribution is -2.29. The Kier molecular flexibility index (Phi) is 6.75. The summed E-state index contributed by atoms with van der Waals surface area (Å²) >= 11 is 3.42. The number of benzene rings is 3. The summed E-state index contributed by atoms with van der Waals surface area (Å²) in [6.07, 6.45) is 0.849. The van der Waals surface area contributed by atoms with Crippen LogP contribution in [0.2, 0.25) is 0 Å². The standard InChI is InChI=1S/C27H24BrNO5/c1-4-16-9-12-18(13-10-16)29-24(19-7-5-6-8-21(19)33-2)23(26(31)27(29)32)25(30)17-11-14-22(34-3)20(28)15-17/h5-15,24,30H,4H2,1-3H3/b25-23+. The number of carbonyl (C=O) groups is 2. The minimum Gasteiger partial charge on any atom is -0.507 e. The second-order valence-electron chi connectivity index (χ2n) is 7.78. The normalized spacial score (nSPS) is 17.2. The number of carbonyl (C=O) groups excluding carboxylic acids is 2. The summed E-state index contributed by atoms with van der Waals surface area (Å²) in [5.74, 6) is -0.667. The van der Waals surface area contributed by atoms with Gasteiger partial charge in [-0.3, -0.25) is 14.5 Å². The van der Waals surface area contributed by atoms with Crippen LogP contribution in [0.15, 0.2) is 76.8 Å². The van der Waals surface area contributed by atoms with Gasteiger partial charge in [0, 0.05) is 16.8 Å². The van der Waals surface area contributed by atoms with E-state index in [9.17, 15) is 14.7 Å². The fourth-order valence-corrected chi connectivity index (χ4v) is 4.69. The third kappa shape index (κ3) is 4.07. The van der Waals surface area contributed by atoms with Gasteiger partial charge in [-0.05, 0) is 64.3 Å². The SMILES string of the molecule is CCc1ccc(N2C(=O)C(=O)/C(=C(/O)c3ccc(OC)c(Br)c3)C2c2ccccc2OC)cc1. The molecular formula is C27H24BrNO5. The van der Waals surface area contributed by atoms with Crippen molar-refractivity contribution in [3.05, 3.63) is 93.5 Å². The van der Waals surface area contributed by atoms with E-state index in [4.69, 9.17) is 9.47 Å². The van der Waals surface area contributed by atoms with Crippen LogP contribution in [0.5, 0.6) is 11.5 Å². The maximum Gasteiger partial charge on any atom is 0.300 e. The highest BCUT2D eigenvalue weighted by atomic mass is 79.9. The Hall–Kier alpha value is -3.58. The summed E-state index contributed by atoms with van der Waals surface area (Å²) in [5.41, 5.74) is 2.64. The van der Waals surface area contributed by atoms with Gasteiger partial charge < -0.3 is 14.6 Å². The molecule has 34 heavy (non-hydrogen) atoms. The molecule has 0 spiro atoms. The van der Waals surface area contributed by atoms with E-state index in [2.05, 4.69) is 15.9 Å². The van der Waals surface area contributed by atoms with Crippen LogP contribution in [0.3, 0.4) is 0 Å². The molecule has 6 nitrogen and oxygen atoms in total. The number of halogens is 1. The number of aliphatic hydroxyl groups excluding tert-OH is 1. The van der Waals surface area contributed by atoms with Gasteiger partial charge in [-0.15, -0.1) is 0 Å². The summed E-state index contributed by atoms with van der Waals surface area (Å²) in [7, 11) is 3.07. The van der Waals surface area contributed by atoms with Crippen LogP contribution in [-0.4, -0.2) is 31.0 Å². The molecule has 1 N–H and O–H groups in total. The van der Waals surface area contributed by atoms with E-state index in [1.807, 2.05) is 43.3 Å². The number of hydrogen-bond acceptors (Lipinski definition) is 5. The average Bonchev–Trinajstić information content (AvgIpc) is 3.13. The fourth-order valence-electron chi connectivity index (χ4n) is 4.15. The molecule has 1 atom stereocenters. The zero-order valence-electron chi connectivity index (χ0n) is 19.0. The molecule has 174 valence electrons. The largest absolute Gasteiger partial charge is 0.507 e. The first-order valence-corrected chi connectivity index (χ1v) is 11.6. The number of aryl methyl sites for hydroxylation is 1. The fraction of sp³-hybridized carbons (Fsp3) is 0.185. The molecule has 0 radical (unpaired) electrons. The van der Waals surface area contributed by atoms with Crippen LogP contribution in [-0.2, 0) is 16.0 Å². The van der Waals surface area contributed by atoms with Crippen molar-refractivity contribution >= 4 is 39.1 Å². The Labute approximate surface area is 206 Å². The van der Waals surface area contributed by atoms with E-state index in [0.29, 0.717) is 32.8 Å². The van der Waals surface area contributed by atoms with E-state index in [0.717, 1.165) is 12.0 Å². The van der Waals surface area contributed by atoms with Crippen LogP contribution in [0.4, 0.5) is 5.69 Å². The Bertz CT molecular complexity index is 1280. The topological polar surface area (TPSA) is 76.1 Å². The van der Waals surface area contributed by atoms with Crippen molar-refractivity contribution in [2.45, 2.75) is 19.4 Å². The number of hydrogen-bond donors (Lipinski definition) is 1. The summed E-state index contributed by atoms with van der Waals surface area (Å²) in [6, 6.07) is 18.8. The first-order valence-electron chi connectivity index (χ1n) is 10.8. The molecule has 7 heteroatoms. The number of ether oxygens (including phenoxy) is 2. The number of nitrogens with zero attached hydrogens (tertiary/aromatic N) is 1. The van der Waals surface area contributed by atoms with Crippen LogP contribution in [0.25, 0.3) is 5.76 Å². The van der Waals surface area contributed by atoms with E-state index in [1.54, 1.807) is 30.3 Å². The highest BCUT2D eigenvalue weighted by Crippen LogP contribution is 2.45. The first kappa shape index (κ1) is 23.6. The Balaban J connectivity index is 1.95. The Morgan fingerprint density at radius 2 is 1.65 bits per heavy atom. The first-order chi connectivity index (χ1) is 16.4. The smallest absolute Gasteiger partial charge is 0.300 e. The lowest BCUT2D eigenvalue weighted by Gasteiger charge is -2.26. The predicted molar refractivity (Wildman–Crippen MR) is 134 cm³/mol. The number of Topliss-reactive ketones (excluding diaryl/α,β-unsaturated/α-hetero) is 1. The van der Waals surface area contributed by atoms with Gasteiger partial charge in [0.25, 0.3) is 11.7 Å². The number of ketones is 1. The molecular weight excluding hydrogens is 498 g/mol. The summed E-state index contributed by atoms with van der Waals surface area (Å²) < 4.78 is 11.4. The van der Waals surface area contributed by atoms with Gasteiger partial charge in [0.05, 0.1) is 30.3 Å². The van der Waals surface area contributed by atoms with Gasteiger partial charge in [-0.1, -0.05) is 37.3 Å². The van der Waals surface area contributed by atoms with E-state index in [-0.39, 0.29) is 11.3 Å². The monoisotopic (exact) mass is 521 g/mol. The molecule has 1 amide bonds. The molecule has 3 aromatic carbocycles.